The minimum absolute atomic E-state index is 0.0000678. The summed E-state index contributed by atoms with van der Waals surface area (Å²) >= 11 is 0. The summed E-state index contributed by atoms with van der Waals surface area (Å²) in [6.07, 6.45) is 6.66. The maximum Gasteiger partial charge on any atom is 0.254 e. The summed E-state index contributed by atoms with van der Waals surface area (Å²) < 4.78 is 0. The second-order valence-corrected chi connectivity index (χ2v) is 8.38. The lowest BCUT2D eigenvalue weighted by atomic mass is 9.95. The molecule has 0 saturated carbocycles. The molecule has 30 heavy (non-hydrogen) atoms. The van der Waals surface area contributed by atoms with Crippen molar-refractivity contribution >= 4 is 23.3 Å². The smallest absolute Gasteiger partial charge is 0.254 e. The first-order valence-corrected chi connectivity index (χ1v) is 11.0. The standard InChI is InChI=1S/C24H30N4O2/c1-18-6-5-7-21(16-18)26-23(29)19-9-14-27(15-10-19)22-17-20(8-11-25-22)24(30)28-12-3-2-4-13-28/h5-8,11,16-17,19H,2-4,9-10,12-15H2,1H3,(H,26,29). The third kappa shape index (κ3) is 4.81. The van der Waals surface area contributed by atoms with Crippen molar-refractivity contribution in [3.63, 3.8) is 0 Å². The Labute approximate surface area is 178 Å². The van der Waals surface area contributed by atoms with Crippen LogP contribution < -0.4 is 10.2 Å². The van der Waals surface area contributed by atoms with Crippen molar-refractivity contribution in [1.29, 1.82) is 0 Å². The van der Waals surface area contributed by atoms with Gasteiger partial charge < -0.3 is 15.1 Å². The normalized spacial score (nSPS) is 17.6. The molecule has 2 saturated heterocycles. The molecule has 158 valence electrons. The average molecular weight is 407 g/mol. The van der Waals surface area contributed by atoms with Gasteiger partial charge in [0.2, 0.25) is 5.91 Å². The van der Waals surface area contributed by atoms with Crippen LogP contribution in [0.25, 0.3) is 0 Å². The highest BCUT2D eigenvalue weighted by Gasteiger charge is 2.26. The van der Waals surface area contributed by atoms with Gasteiger partial charge in [-0.1, -0.05) is 12.1 Å². The third-order valence-electron chi connectivity index (χ3n) is 6.11. The van der Waals surface area contributed by atoms with Gasteiger partial charge in [0, 0.05) is 49.5 Å². The van der Waals surface area contributed by atoms with Crippen LogP contribution >= 0.6 is 0 Å². The van der Waals surface area contributed by atoms with Crippen molar-refractivity contribution in [3.05, 3.63) is 53.7 Å². The molecule has 1 N–H and O–H groups in total. The Bertz CT molecular complexity index is 900. The second-order valence-electron chi connectivity index (χ2n) is 8.38. The van der Waals surface area contributed by atoms with Gasteiger partial charge in [-0.25, -0.2) is 4.98 Å². The number of carbonyl (C=O) groups excluding carboxylic acids is 2. The zero-order valence-electron chi connectivity index (χ0n) is 17.6. The van der Waals surface area contributed by atoms with Crippen LogP contribution in [0.15, 0.2) is 42.6 Å². The van der Waals surface area contributed by atoms with E-state index in [4.69, 9.17) is 0 Å². The number of amides is 2. The highest BCUT2D eigenvalue weighted by atomic mass is 16.2. The molecule has 1 aromatic heterocycles. The number of pyridine rings is 1. The van der Waals surface area contributed by atoms with E-state index in [1.165, 1.54) is 6.42 Å². The van der Waals surface area contributed by atoms with E-state index >= 15 is 0 Å². The Balaban J connectivity index is 1.34. The summed E-state index contributed by atoms with van der Waals surface area (Å²) in [5.74, 6) is 1.02. The van der Waals surface area contributed by atoms with Gasteiger partial charge in [-0.15, -0.1) is 0 Å². The number of piperidine rings is 2. The summed E-state index contributed by atoms with van der Waals surface area (Å²) in [6.45, 7) is 5.24. The Morgan fingerprint density at radius 3 is 2.50 bits per heavy atom. The number of hydrogen-bond acceptors (Lipinski definition) is 4. The van der Waals surface area contributed by atoms with Crippen LogP contribution in [0.3, 0.4) is 0 Å². The van der Waals surface area contributed by atoms with Crippen molar-refractivity contribution in [2.45, 2.75) is 39.0 Å². The highest BCUT2D eigenvalue weighted by Crippen LogP contribution is 2.24. The lowest BCUT2D eigenvalue weighted by Crippen LogP contribution is -2.39. The highest BCUT2D eigenvalue weighted by molar-refractivity contribution is 5.95. The molecular formula is C24H30N4O2. The zero-order chi connectivity index (χ0) is 20.9. The van der Waals surface area contributed by atoms with Gasteiger partial charge in [0.05, 0.1) is 0 Å². The van der Waals surface area contributed by atoms with E-state index in [0.29, 0.717) is 5.56 Å². The lowest BCUT2D eigenvalue weighted by Gasteiger charge is -2.32. The van der Waals surface area contributed by atoms with E-state index in [-0.39, 0.29) is 17.7 Å². The van der Waals surface area contributed by atoms with Gasteiger partial charge >= 0.3 is 0 Å². The number of carbonyl (C=O) groups is 2. The number of aryl methyl sites for hydroxylation is 1. The molecule has 2 aliphatic heterocycles. The first-order chi connectivity index (χ1) is 14.6. The molecule has 6 nitrogen and oxygen atoms in total. The van der Waals surface area contributed by atoms with Gasteiger partial charge in [-0.05, 0) is 68.9 Å². The predicted molar refractivity (Wildman–Crippen MR) is 119 cm³/mol. The number of aromatic nitrogens is 1. The van der Waals surface area contributed by atoms with E-state index in [1.807, 2.05) is 48.2 Å². The van der Waals surface area contributed by atoms with E-state index in [2.05, 4.69) is 15.2 Å². The van der Waals surface area contributed by atoms with E-state index < -0.39 is 0 Å². The number of benzene rings is 1. The van der Waals surface area contributed by atoms with E-state index in [0.717, 1.165) is 68.9 Å². The molecule has 2 aromatic rings. The first-order valence-electron chi connectivity index (χ1n) is 11.0. The fraction of sp³-hybridized carbons (Fsp3) is 0.458. The van der Waals surface area contributed by atoms with E-state index in [9.17, 15) is 9.59 Å². The van der Waals surface area contributed by atoms with Crippen LogP contribution in [0.4, 0.5) is 11.5 Å². The molecule has 0 spiro atoms. The minimum atomic E-state index is -0.0000678. The topological polar surface area (TPSA) is 65.5 Å². The maximum absolute atomic E-state index is 12.8. The molecule has 4 rings (SSSR count). The molecule has 1 aromatic carbocycles. The van der Waals surface area contributed by atoms with Crippen LogP contribution in [-0.2, 0) is 4.79 Å². The molecule has 0 radical (unpaired) electrons. The fourth-order valence-electron chi connectivity index (χ4n) is 4.34. The van der Waals surface area contributed by atoms with Gasteiger partial charge in [0.15, 0.2) is 0 Å². The molecule has 0 unspecified atom stereocenters. The number of nitrogens with one attached hydrogen (secondary N) is 1. The Morgan fingerprint density at radius 1 is 1.00 bits per heavy atom. The summed E-state index contributed by atoms with van der Waals surface area (Å²) in [4.78, 5) is 34.1. The quantitative estimate of drug-likeness (QED) is 0.837. The van der Waals surface area contributed by atoms with Gasteiger partial charge in [-0.3, -0.25) is 9.59 Å². The van der Waals surface area contributed by atoms with E-state index in [1.54, 1.807) is 6.20 Å². The van der Waals surface area contributed by atoms with Crippen LogP contribution in [0.5, 0.6) is 0 Å². The van der Waals surface area contributed by atoms with Crippen LogP contribution in [0.2, 0.25) is 0 Å². The zero-order valence-corrected chi connectivity index (χ0v) is 17.6. The molecule has 3 heterocycles. The monoisotopic (exact) mass is 406 g/mol. The molecule has 0 aliphatic carbocycles. The summed E-state index contributed by atoms with van der Waals surface area (Å²) in [5.41, 5.74) is 2.70. The SMILES string of the molecule is Cc1cccc(NC(=O)C2CCN(c3cc(C(=O)N4CCCCC4)ccn3)CC2)c1. The maximum atomic E-state index is 12.8. The van der Waals surface area contributed by atoms with Crippen molar-refractivity contribution in [3.8, 4) is 0 Å². The minimum Gasteiger partial charge on any atom is -0.357 e. The Kier molecular flexibility index (Phi) is 6.31. The Morgan fingerprint density at radius 2 is 1.77 bits per heavy atom. The largest absolute Gasteiger partial charge is 0.357 e. The number of likely N-dealkylation sites (tertiary alicyclic amines) is 1. The molecule has 2 aliphatic rings. The second kappa shape index (κ2) is 9.28. The molecule has 6 heteroatoms. The number of anilines is 2. The predicted octanol–water partition coefficient (Wildman–Crippen LogP) is 3.87. The summed E-state index contributed by atoms with van der Waals surface area (Å²) in [5, 5.41) is 3.04. The lowest BCUT2D eigenvalue weighted by molar-refractivity contribution is -0.120. The van der Waals surface area contributed by atoms with Crippen molar-refractivity contribution < 1.29 is 9.59 Å². The number of rotatable bonds is 4. The van der Waals surface area contributed by atoms with Crippen LogP contribution in [0.1, 0.15) is 48.0 Å². The molecule has 0 atom stereocenters. The van der Waals surface area contributed by atoms with Crippen molar-refractivity contribution in [1.82, 2.24) is 9.88 Å². The average Bonchev–Trinajstić information content (AvgIpc) is 2.79. The van der Waals surface area contributed by atoms with Gasteiger partial charge in [0.1, 0.15) is 5.82 Å². The molecule has 0 bridgehead atoms. The van der Waals surface area contributed by atoms with Crippen molar-refractivity contribution in [2.24, 2.45) is 5.92 Å². The Hall–Kier alpha value is -2.89. The van der Waals surface area contributed by atoms with Crippen LogP contribution in [-0.4, -0.2) is 47.9 Å². The summed E-state index contributed by atoms with van der Waals surface area (Å²) in [7, 11) is 0. The first kappa shape index (κ1) is 20.4. The molecule has 2 amide bonds. The van der Waals surface area contributed by atoms with Gasteiger partial charge in [0.25, 0.3) is 5.91 Å². The van der Waals surface area contributed by atoms with Gasteiger partial charge in [-0.2, -0.15) is 0 Å². The third-order valence-corrected chi connectivity index (χ3v) is 6.11. The van der Waals surface area contributed by atoms with Crippen LogP contribution in [0, 0.1) is 12.8 Å². The molecular weight excluding hydrogens is 376 g/mol. The number of hydrogen-bond donors (Lipinski definition) is 1. The molecule has 2 fully saturated rings. The number of nitrogens with zero attached hydrogens (tertiary/aromatic N) is 3. The van der Waals surface area contributed by atoms with Crippen molar-refractivity contribution in [2.75, 3.05) is 36.4 Å². The summed E-state index contributed by atoms with van der Waals surface area (Å²) in [6, 6.07) is 11.6. The fourth-order valence-corrected chi connectivity index (χ4v) is 4.34.